The molecule has 0 N–H and O–H groups in total. The summed E-state index contributed by atoms with van der Waals surface area (Å²) in [5.41, 5.74) is 15.5. The molecule has 5 nitrogen and oxygen atoms in total. The third kappa shape index (κ3) is 6.55. The zero-order chi connectivity index (χ0) is 38.8. The Bertz CT molecular complexity index is 3090. The van der Waals surface area contributed by atoms with Crippen LogP contribution in [0.3, 0.4) is 0 Å². The van der Waals surface area contributed by atoms with Crippen molar-refractivity contribution in [2.75, 3.05) is 0 Å². The summed E-state index contributed by atoms with van der Waals surface area (Å²) in [5, 5.41) is 13.5. The fourth-order valence-electron chi connectivity index (χ4n) is 7.83. The van der Waals surface area contributed by atoms with Crippen LogP contribution in [0.25, 0.3) is 100 Å². The van der Waals surface area contributed by atoms with E-state index in [2.05, 4.69) is 148 Å². The van der Waals surface area contributed by atoms with Gasteiger partial charge < -0.3 is 0 Å². The topological polar surface area (TPSA) is 75.3 Å². The van der Waals surface area contributed by atoms with E-state index >= 15 is 0 Å². The van der Waals surface area contributed by atoms with Crippen molar-refractivity contribution in [3.05, 3.63) is 206 Å². The number of nitrogens with zero attached hydrogens (tertiary/aromatic N) is 5. The minimum Gasteiger partial charge on any atom is -0.256 e. The lowest BCUT2D eigenvalue weighted by Crippen LogP contribution is -1.94. The number of hydrogen-bond donors (Lipinski definition) is 0. The standard InChI is InChI=1S/C53H33N5/c54-34-35-29-41(36-18-22-39(23-19-36)46-13-7-9-40-10-8-28-57-53(40)46)31-43(30-35)45-25-24-44(47-11-1-2-12-48(45)47)38-20-16-37(17-21-38)42-32-51(49-14-3-5-26-55-49)58-52(33-42)50-15-4-6-27-56-50/h1-33H. The van der Waals surface area contributed by atoms with Gasteiger partial charge in [-0.15, -0.1) is 0 Å². The van der Waals surface area contributed by atoms with Crippen molar-refractivity contribution < 1.29 is 0 Å². The van der Waals surface area contributed by atoms with Gasteiger partial charge in [0.2, 0.25) is 0 Å². The molecule has 0 saturated heterocycles. The Kier molecular flexibility index (Phi) is 8.83. The van der Waals surface area contributed by atoms with Crippen molar-refractivity contribution in [3.8, 4) is 84.5 Å². The summed E-state index contributed by atoms with van der Waals surface area (Å²) in [4.78, 5) is 18.8. The van der Waals surface area contributed by atoms with Gasteiger partial charge in [-0.3, -0.25) is 15.0 Å². The Hall–Kier alpha value is -8.07. The number of pyridine rings is 4. The average molecular weight is 740 g/mol. The van der Waals surface area contributed by atoms with E-state index in [1.807, 2.05) is 60.8 Å². The second-order valence-electron chi connectivity index (χ2n) is 14.2. The first-order chi connectivity index (χ1) is 28.7. The molecule has 0 saturated carbocycles. The SMILES string of the molecule is N#Cc1cc(-c2ccc(-c3cccc4cccnc34)cc2)cc(-c2ccc(-c3ccc(-c4cc(-c5ccccn5)nc(-c5ccccn5)c4)cc3)c3ccccc23)c1. The van der Waals surface area contributed by atoms with Crippen LogP contribution >= 0.6 is 0 Å². The van der Waals surface area contributed by atoms with Crippen molar-refractivity contribution in [2.45, 2.75) is 0 Å². The van der Waals surface area contributed by atoms with Gasteiger partial charge in [-0.25, -0.2) is 4.98 Å². The molecule has 4 heterocycles. The smallest absolute Gasteiger partial charge is 0.0992 e. The molecule has 10 rings (SSSR count). The summed E-state index contributed by atoms with van der Waals surface area (Å²) in [7, 11) is 0. The summed E-state index contributed by atoms with van der Waals surface area (Å²) in [6, 6.07) is 65.0. The lowest BCUT2D eigenvalue weighted by atomic mass is 9.89. The molecule has 0 aliphatic carbocycles. The molecule has 5 heteroatoms. The van der Waals surface area contributed by atoms with E-state index in [1.54, 1.807) is 12.4 Å². The van der Waals surface area contributed by atoms with Crippen molar-refractivity contribution in [3.63, 3.8) is 0 Å². The van der Waals surface area contributed by atoms with Crippen LogP contribution in [0.1, 0.15) is 5.56 Å². The van der Waals surface area contributed by atoms with Crippen LogP contribution < -0.4 is 0 Å². The minimum absolute atomic E-state index is 0.618. The van der Waals surface area contributed by atoms with Gasteiger partial charge >= 0.3 is 0 Å². The zero-order valence-electron chi connectivity index (χ0n) is 31.3. The van der Waals surface area contributed by atoms with Crippen LogP contribution in [0.2, 0.25) is 0 Å². The maximum absolute atomic E-state index is 10.2. The first-order valence-electron chi connectivity index (χ1n) is 19.2. The van der Waals surface area contributed by atoms with Crippen LogP contribution in [0.15, 0.2) is 201 Å². The molecule has 6 aromatic carbocycles. The van der Waals surface area contributed by atoms with Gasteiger partial charge in [0, 0.05) is 29.5 Å². The predicted octanol–water partition coefficient (Wildman–Crippen LogP) is 13.1. The van der Waals surface area contributed by atoms with Gasteiger partial charge in [0.25, 0.3) is 0 Å². The summed E-state index contributed by atoms with van der Waals surface area (Å²) in [6.07, 6.45) is 5.42. The van der Waals surface area contributed by atoms with Crippen LogP contribution in [-0.2, 0) is 0 Å². The van der Waals surface area contributed by atoms with Crippen molar-refractivity contribution >= 4 is 21.7 Å². The molecule has 58 heavy (non-hydrogen) atoms. The zero-order valence-corrected chi connectivity index (χ0v) is 31.3. The first kappa shape index (κ1) is 34.4. The highest BCUT2D eigenvalue weighted by Crippen LogP contribution is 2.39. The van der Waals surface area contributed by atoms with Gasteiger partial charge in [-0.2, -0.15) is 5.26 Å². The summed E-state index contributed by atoms with van der Waals surface area (Å²) < 4.78 is 0. The number of hydrogen-bond acceptors (Lipinski definition) is 5. The molecule has 0 spiro atoms. The van der Waals surface area contributed by atoms with Crippen LogP contribution in [0.5, 0.6) is 0 Å². The third-order valence-electron chi connectivity index (χ3n) is 10.7. The van der Waals surface area contributed by atoms with E-state index in [-0.39, 0.29) is 0 Å². The number of rotatable bonds is 7. The maximum Gasteiger partial charge on any atom is 0.0992 e. The molecule has 4 aromatic heterocycles. The molecule has 0 radical (unpaired) electrons. The van der Waals surface area contributed by atoms with Gasteiger partial charge in [-0.1, -0.05) is 121 Å². The Morgan fingerprint density at radius 2 is 0.862 bits per heavy atom. The normalized spacial score (nSPS) is 11.1. The molecule has 0 amide bonds. The average Bonchev–Trinajstić information content (AvgIpc) is 3.31. The van der Waals surface area contributed by atoms with E-state index in [0.717, 1.165) is 100 Å². The van der Waals surface area contributed by atoms with E-state index in [9.17, 15) is 5.26 Å². The summed E-state index contributed by atoms with van der Waals surface area (Å²) >= 11 is 0. The van der Waals surface area contributed by atoms with E-state index in [4.69, 9.17) is 4.98 Å². The van der Waals surface area contributed by atoms with E-state index in [0.29, 0.717) is 5.56 Å². The highest BCUT2D eigenvalue weighted by Gasteiger charge is 2.15. The second-order valence-corrected chi connectivity index (χ2v) is 14.2. The fourth-order valence-corrected chi connectivity index (χ4v) is 7.83. The number of nitriles is 1. The second kappa shape index (κ2) is 14.9. The van der Waals surface area contributed by atoms with Gasteiger partial charge in [0.05, 0.1) is 39.9 Å². The lowest BCUT2D eigenvalue weighted by molar-refractivity contribution is 1.22. The molecule has 0 unspecified atom stereocenters. The van der Waals surface area contributed by atoms with E-state index < -0.39 is 0 Å². The number of para-hydroxylation sites is 1. The molecular formula is C53H33N5. The summed E-state index contributed by atoms with van der Waals surface area (Å²) in [5.74, 6) is 0. The molecule has 270 valence electrons. The monoisotopic (exact) mass is 739 g/mol. The Morgan fingerprint density at radius 1 is 0.345 bits per heavy atom. The molecule has 0 fully saturated rings. The fraction of sp³-hybridized carbons (Fsp3) is 0. The number of aromatic nitrogens is 4. The molecule has 0 atom stereocenters. The summed E-state index contributed by atoms with van der Waals surface area (Å²) in [6.45, 7) is 0. The van der Waals surface area contributed by atoms with Crippen LogP contribution in [0.4, 0.5) is 0 Å². The lowest BCUT2D eigenvalue weighted by Gasteiger charge is -2.14. The maximum atomic E-state index is 10.2. The molecule has 0 aliphatic heterocycles. The van der Waals surface area contributed by atoms with Gasteiger partial charge in [0.15, 0.2) is 0 Å². The Labute approximate surface area is 336 Å². The van der Waals surface area contributed by atoms with Crippen molar-refractivity contribution in [1.82, 2.24) is 19.9 Å². The largest absolute Gasteiger partial charge is 0.256 e. The quantitative estimate of drug-likeness (QED) is 0.163. The minimum atomic E-state index is 0.618. The van der Waals surface area contributed by atoms with Crippen LogP contribution in [-0.4, -0.2) is 19.9 Å². The van der Waals surface area contributed by atoms with E-state index in [1.165, 1.54) is 0 Å². The van der Waals surface area contributed by atoms with Crippen LogP contribution in [0, 0.1) is 11.3 Å². The van der Waals surface area contributed by atoms with Gasteiger partial charge in [0.1, 0.15) is 0 Å². The molecule has 0 bridgehead atoms. The third-order valence-corrected chi connectivity index (χ3v) is 10.7. The highest BCUT2D eigenvalue weighted by molar-refractivity contribution is 6.05. The Balaban J connectivity index is 0.999. The number of fused-ring (bicyclic) bond motifs is 2. The molecule has 10 aromatic rings. The molecular weight excluding hydrogens is 707 g/mol. The van der Waals surface area contributed by atoms with Crippen molar-refractivity contribution in [1.29, 1.82) is 5.26 Å². The number of benzene rings is 6. The van der Waals surface area contributed by atoms with Crippen molar-refractivity contribution in [2.24, 2.45) is 0 Å². The first-order valence-corrected chi connectivity index (χ1v) is 19.2. The highest BCUT2D eigenvalue weighted by atomic mass is 14.8. The molecule has 0 aliphatic rings. The predicted molar refractivity (Wildman–Crippen MR) is 235 cm³/mol. The van der Waals surface area contributed by atoms with Gasteiger partial charge in [-0.05, 0) is 122 Å². The Morgan fingerprint density at radius 3 is 1.47 bits per heavy atom.